The number of hydrogen-bond donors (Lipinski definition) is 2. The zero-order valence-corrected chi connectivity index (χ0v) is 11.0. The van der Waals surface area contributed by atoms with Crippen molar-refractivity contribution in [1.82, 2.24) is 0 Å². The minimum absolute atomic E-state index is 0.309. The van der Waals surface area contributed by atoms with Gasteiger partial charge in [-0.05, 0) is 25.5 Å². The van der Waals surface area contributed by atoms with Crippen LogP contribution in [-0.2, 0) is 4.74 Å². The van der Waals surface area contributed by atoms with Gasteiger partial charge in [0.1, 0.15) is 0 Å². The van der Waals surface area contributed by atoms with E-state index < -0.39 is 5.97 Å². The zero-order valence-electron chi connectivity index (χ0n) is 11.0. The summed E-state index contributed by atoms with van der Waals surface area (Å²) in [5.41, 5.74) is 1.90. The first-order valence-corrected chi connectivity index (χ1v) is 6.30. The van der Waals surface area contributed by atoms with E-state index >= 15 is 0 Å². The number of anilines is 1. The molecule has 0 aliphatic heterocycles. The van der Waals surface area contributed by atoms with Crippen LogP contribution in [0.3, 0.4) is 0 Å². The van der Waals surface area contributed by atoms with Crippen molar-refractivity contribution in [2.24, 2.45) is 0 Å². The van der Waals surface area contributed by atoms with Crippen molar-refractivity contribution in [2.45, 2.75) is 26.7 Å². The molecule has 0 saturated carbocycles. The second-order valence-electron chi connectivity index (χ2n) is 4.25. The Hall–Kier alpha value is -1.55. The first-order chi connectivity index (χ1) is 8.65. The molecule has 4 nitrogen and oxygen atoms in total. The van der Waals surface area contributed by atoms with E-state index in [4.69, 9.17) is 9.84 Å². The largest absolute Gasteiger partial charge is 0.478 e. The van der Waals surface area contributed by atoms with E-state index in [1.165, 1.54) is 0 Å². The Morgan fingerprint density at radius 1 is 1.39 bits per heavy atom. The summed E-state index contributed by atoms with van der Waals surface area (Å²) in [5, 5.41) is 12.2. The van der Waals surface area contributed by atoms with Gasteiger partial charge < -0.3 is 15.2 Å². The van der Waals surface area contributed by atoms with Crippen LogP contribution in [-0.4, -0.2) is 30.8 Å². The first kappa shape index (κ1) is 14.5. The van der Waals surface area contributed by atoms with Crippen molar-refractivity contribution in [3.8, 4) is 0 Å². The van der Waals surface area contributed by atoms with Gasteiger partial charge >= 0.3 is 5.97 Å². The molecule has 0 aliphatic rings. The molecule has 0 atom stereocenters. The van der Waals surface area contributed by atoms with Crippen molar-refractivity contribution >= 4 is 11.7 Å². The molecule has 100 valence electrons. The van der Waals surface area contributed by atoms with Crippen molar-refractivity contribution in [1.29, 1.82) is 0 Å². The van der Waals surface area contributed by atoms with E-state index in [1.54, 1.807) is 12.1 Å². The molecule has 0 fully saturated rings. The Labute approximate surface area is 108 Å². The number of aryl methyl sites for hydroxylation is 1. The maximum Gasteiger partial charge on any atom is 0.337 e. The van der Waals surface area contributed by atoms with E-state index in [-0.39, 0.29) is 0 Å². The Kier molecular flexibility index (Phi) is 6.22. The van der Waals surface area contributed by atoms with Gasteiger partial charge in [-0.25, -0.2) is 4.79 Å². The van der Waals surface area contributed by atoms with Crippen LogP contribution in [0, 0.1) is 6.92 Å². The minimum Gasteiger partial charge on any atom is -0.478 e. The number of carbonyl (C=O) groups is 1. The first-order valence-electron chi connectivity index (χ1n) is 6.30. The van der Waals surface area contributed by atoms with Gasteiger partial charge in [0.15, 0.2) is 0 Å². The second kappa shape index (κ2) is 7.71. The second-order valence-corrected chi connectivity index (χ2v) is 4.25. The third kappa shape index (κ3) is 4.75. The predicted molar refractivity (Wildman–Crippen MR) is 72.4 cm³/mol. The molecule has 0 aromatic heterocycles. The van der Waals surface area contributed by atoms with E-state index in [0.717, 1.165) is 25.0 Å². The van der Waals surface area contributed by atoms with Gasteiger partial charge in [-0.15, -0.1) is 0 Å². The maximum atomic E-state index is 11.1. The van der Waals surface area contributed by atoms with Crippen molar-refractivity contribution in [2.75, 3.05) is 25.1 Å². The van der Waals surface area contributed by atoms with Crippen LogP contribution in [0.2, 0.25) is 0 Å². The van der Waals surface area contributed by atoms with Crippen LogP contribution in [0.25, 0.3) is 0 Å². The maximum absolute atomic E-state index is 11.1. The number of aromatic carboxylic acids is 1. The van der Waals surface area contributed by atoms with Gasteiger partial charge in [0, 0.05) is 18.8 Å². The molecule has 0 amide bonds. The number of ether oxygens (including phenoxy) is 1. The molecule has 0 unspecified atom stereocenters. The highest BCUT2D eigenvalue weighted by molar-refractivity contribution is 5.94. The van der Waals surface area contributed by atoms with E-state index in [9.17, 15) is 4.79 Å². The molecule has 1 aromatic carbocycles. The molecule has 4 heteroatoms. The molecule has 0 spiro atoms. The van der Waals surface area contributed by atoms with Crippen LogP contribution in [0.5, 0.6) is 0 Å². The van der Waals surface area contributed by atoms with Crippen molar-refractivity contribution in [3.63, 3.8) is 0 Å². The summed E-state index contributed by atoms with van der Waals surface area (Å²) >= 11 is 0. The molecule has 2 N–H and O–H groups in total. The lowest BCUT2D eigenvalue weighted by Crippen LogP contribution is -2.12. The quantitative estimate of drug-likeness (QED) is 0.697. The van der Waals surface area contributed by atoms with Gasteiger partial charge in [0.25, 0.3) is 0 Å². The van der Waals surface area contributed by atoms with Crippen molar-refractivity contribution in [3.05, 3.63) is 29.3 Å². The minimum atomic E-state index is -0.909. The summed E-state index contributed by atoms with van der Waals surface area (Å²) in [6, 6.07) is 5.36. The molecule has 0 radical (unpaired) electrons. The molecular formula is C14H21NO3. The number of benzene rings is 1. The highest BCUT2D eigenvalue weighted by Crippen LogP contribution is 2.17. The number of carboxylic acid groups (broad SMARTS) is 1. The summed E-state index contributed by atoms with van der Waals surface area (Å²) in [6.07, 6.45) is 2.18. The average Bonchev–Trinajstić information content (AvgIpc) is 2.35. The zero-order chi connectivity index (χ0) is 13.4. The molecule has 0 heterocycles. The summed E-state index contributed by atoms with van der Waals surface area (Å²) in [6.45, 7) is 5.97. The van der Waals surface area contributed by atoms with E-state index in [0.29, 0.717) is 24.4 Å². The summed E-state index contributed by atoms with van der Waals surface area (Å²) in [5.74, 6) is -0.909. The fraction of sp³-hybridized carbons (Fsp3) is 0.500. The smallest absolute Gasteiger partial charge is 0.337 e. The van der Waals surface area contributed by atoms with E-state index in [1.807, 2.05) is 13.0 Å². The van der Waals surface area contributed by atoms with Crippen LogP contribution in [0.4, 0.5) is 5.69 Å². The number of rotatable bonds is 8. The highest BCUT2D eigenvalue weighted by atomic mass is 16.5. The summed E-state index contributed by atoms with van der Waals surface area (Å²) in [4.78, 5) is 11.1. The standard InChI is InChI=1S/C14H21NO3/c1-3-4-8-18-9-7-15-13-6-5-11(2)10-12(13)14(16)17/h5-6,10,15H,3-4,7-9H2,1-2H3,(H,16,17). The molecule has 0 bridgehead atoms. The topological polar surface area (TPSA) is 58.6 Å². The Bertz CT molecular complexity index is 391. The fourth-order valence-corrected chi connectivity index (χ4v) is 1.60. The van der Waals surface area contributed by atoms with Crippen LogP contribution >= 0.6 is 0 Å². The Balaban J connectivity index is 2.44. The monoisotopic (exact) mass is 251 g/mol. The Morgan fingerprint density at radius 3 is 2.83 bits per heavy atom. The van der Waals surface area contributed by atoms with Gasteiger partial charge in [-0.3, -0.25) is 0 Å². The lowest BCUT2D eigenvalue weighted by atomic mass is 10.1. The van der Waals surface area contributed by atoms with Crippen LogP contribution in [0.1, 0.15) is 35.7 Å². The molecule has 0 aliphatic carbocycles. The predicted octanol–water partition coefficient (Wildman–Crippen LogP) is 2.92. The SMILES string of the molecule is CCCCOCCNc1ccc(C)cc1C(=O)O. The number of unbranched alkanes of at least 4 members (excludes halogenated alkanes) is 1. The molecule has 1 aromatic rings. The lowest BCUT2D eigenvalue weighted by molar-refractivity contribution is 0.0697. The van der Waals surface area contributed by atoms with Gasteiger partial charge in [0.2, 0.25) is 0 Å². The number of carboxylic acids is 1. The lowest BCUT2D eigenvalue weighted by Gasteiger charge is -2.10. The highest BCUT2D eigenvalue weighted by Gasteiger charge is 2.09. The molecule has 1 rings (SSSR count). The van der Waals surface area contributed by atoms with Gasteiger partial charge in [-0.1, -0.05) is 25.0 Å². The summed E-state index contributed by atoms with van der Waals surface area (Å²) in [7, 11) is 0. The number of nitrogens with one attached hydrogen (secondary N) is 1. The molecular weight excluding hydrogens is 230 g/mol. The fourth-order valence-electron chi connectivity index (χ4n) is 1.60. The molecule has 0 saturated heterocycles. The van der Waals surface area contributed by atoms with E-state index in [2.05, 4.69) is 12.2 Å². The summed E-state index contributed by atoms with van der Waals surface area (Å²) < 4.78 is 5.41. The number of hydrogen-bond acceptors (Lipinski definition) is 3. The average molecular weight is 251 g/mol. The van der Waals surface area contributed by atoms with Crippen molar-refractivity contribution < 1.29 is 14.6 Å². The molecule has 18 heavy (non-hydrogen) atoms. The van der Waals surface area contributed by atoms with Crippen LogP contribution < -0.4 is 5.32 Å². The normalized spacial score (nSPS) is 10.3. The van der Waals surface area contributed by atoms with Crippen LogP contribution in [0.15, 0.2) is 18.2 Å². The third-order valence-corrected chi connectivity index (χ3v) is 2.61. The van der Waals surface area contributed by atoms with Gasteiger partial charge in [-0.2, -0.15) is 0 Å². The van der Waals surface area contributed by atoms with Gasteiger partial charge in [0.05, 0.1) is 12.2 Å². The Morgan fingerprint density at radius 2 is 2.17 bits per heavy atom. The third-order valence-electron chi connectivity index (χ3n) is 2.61.